The minimum atomic E-state index is -0.145. The van der Waals surface area contributed by atoms with Gasteiger partial charge in [0.1, 0.15) is 17.6 Å². The largest absolute Gasteiger partial charge is 0.342 e. The lowest BCUT2D eigenvalue weighted by molar-refractivity contribution is 0.382. The number of benzene rings is 1. The van der Waals surface area contributed by atoms with Crippen molar-refractivity contribution in [3.8, 4) is 28.3 Å². The van der Waals surface area contributed by atoms with Crippen molar-refractivity contribution in [1.82, 2.24) is 34.9 Å². The van der Waals surface area contributed by atoms with E-state index in [-0.39, 0.29) is 5.54 Å². The minimum Gasteiger partial charge on any atom is -0.342 e. The number of nitrogens with zero attached hydrogens (tertiary/aromatic N) is 7. The van der Waals surface area contributed by atoms with E-state index in [0.29, 0.717) is 5.82 Å². The smallest absolute Gasteiger partial charge is 0.165 e. The van der Waals surface area contributed by atoms with E-state index in [1.165, 1.54) is 0 Å². The molecule has 1 atom stereocenters. The standard InChI is InChI=1S/C21H20N8/c1-2-21-9-6-10-29(21)19-16(28-13-24-27-20(21)28)12-22-18(25-19)15-11-23-26-17(15)14-7-4-3-5-8-14/h3-5,7-8,11-13H,2,6,9-10H2,1H3,(H,23,26)/t21-/m0/s1. The van der Waals surface area contributed by atoms with E-state index in [1.807, 2.05) is 24.4 Å². The number of fused-ring (bicyclic) bond motifs is 6. The fourth-order valence-corrected chi connectivity index (χ4v) is 4.82. The Hall–Kier alpha value is -3.55. The van der Waals surface area contributed by atoms with Crippen LogP contribution in [0.25, 0.3) is 28.3 Å². The summed E-state index contributed by atoms with van der Waals surface area (Å²) in [6, 6.07) is 10.1. The highest BCUT2D eigenvalue weighted by Gasteiger charge is 2.49. The van der Waals surface area contributed by atoms with Gasteiger partial charge < -0.3 is 4.90 Å². The van der Waals surface area contributed by atoms with E-state index < -0.39 is 0 Å². The summed E-state index contributed by atoms with van der Waals surface area (Å²) in [5, 5.41) is 16.0. The van der Waals surface area contributed by atoms with Crippen LogP contribution in [0.1, 0.15) is 32.0 Å². The first-order chi connectivity index (χ1) is 14.3. The molecule has 6 rings (SSSR count). The van der Waals surface area contributed by atoms with Gasteiger partial charge in [-0.05, 0) is 19.3 Å². The number of rotatable bonds is 3. The summed E-state index contributed by atoms with van der Waals surface area (Å²) in [7, 11) is 0. The molecular formula is C21H20N8. The summed E-state index contributed by atoms with van der Waals surface area (Å²) >= 11 is 0. The van der Waals surface area contributed by atoms with E-state index in [4.69, 9.17) is 4.98 Å². The van der Waals surface area contributed by atoms with Gasteiger partial charge in [-0.25, -0.2) is 9.97 Å². The van der Waals surface area contributed by atoms with Gasteiger partial charge in [-0.15, -0.1) is 10.2 Å². The molecule has 2 aliphatic rings. The second kappa shape index (κ2) is 5.97. The summed E-state index contributed by atoms with van der Waals surface area (Å²) in [4.78, 5) is 12.1. The maximum absolute atomic E-state index is 5.03. The summed E-state index contributed by atoms with van der Waals surface area (Å²) in [6.07, 6.45) is 8.59. The molecule has 5 heterocycles. The topological polar surface area (TPSA) is 88.4 Å². The molecule has 0 aliphatic carbocycles. The van der Waals surface area contributed by atoms with Gasteiger partial charge >= 0.3 is 0 Å². The average molecular weight is 384 g/mol. The van der Waals surface area contributed by atoms with Crippen molar-refractivity contribution in [3.05, 3.63) is 54.9 Å². The molecule has 0 bridgehead atoms. The zero-order chi connectivity index (χ0) is 19.4. The fourth-order valence-electron chi connectivity index (χ4n) is 4.82. The predicted octanol–water partition coefficient (Wildman–Crippen LogP) is 3.33. The van der Waals surface area contributed by atoms with Gasteiger partial charge in [-0.2, -0.15) is 5.10 Å². The van der Waals surface area contributed by atoms with E-state index in [9.17, 15) is 0 Å². The van der Waals surface area contributed by atoms with Crippen LogP contribution in [0.3, 0.4) is 0 Å². The van der Waals surface area contributed by atoms with Crippen molar-refractivity contribution >= 4 is 5.82 Å². The number of hydrogen-bond donors (Lipinski definition) is 1. The van der Waals surface area contributed by atoms with Crippen LogP contribution in [0.5, 0.6) is 0 Å². The Balaban J connectivity index is 1.54. The van der Waals surface area contributed by atoms with Crippen LogP contribution in [0, 0.1) is 0 Å². The molecule has 2 aliphatic heterocycles. The molecule has 29 heavy (non-hydrogen) atoms. The molecule has 1 saturated heterocycles. The molecule has 4 aromatic rings. The van der Waals surface area contributed by atoms with Crippen LogP contribution in [-0.4, -0.2) is 41.5 Å². The fraction of sp³-hybridized carbons (Fsp3) is 0.286. The van der Waals surface area contributed by atoms with E-state index in [0.717, 1.165) is 60.0 Å². The first-order valence-corrected chi connectivity index (χ1v) is 9.96. The first kappa shape index (κ1) is 16.4. The van der Waals surface area contributed by atoms with Gasteiger partial charge in [-0.3, -0.25) is 9.67 Å². The zero-order valence-electron chi connectivity index (χ0n) is 16.1. The SMILES string of the molecule is CC[C@@]12CCCN1c1nc(-c3cn[nH]c3-c3ccccc3)ncc1-n1cnnc12. The molecule has 0 radical (unpaired) electrons. The summed E-state index contributed by atoms with van der Waals surface area (Å²) in [5.41, 5.74) is 3.67. The van der Waals surface area contributed by atoms with Crippen molar-refractivity contribution in [3.63, 3.8) is 0 Å². The van der Waals surface area contributed by atoms with Crippen LogP contribution in [0.4, 0.5) is 5.82 Å². The van der Waals surface area contributed by atoms with Gasteiger partial charge in [0.2, 0.25) is 0 Å². The van der Waals surface area contributed by atoms with Crippen LogP contribution in [-0.2, 0) is 5.54 Å². The lowest BCUT2D eigenvalue weighted by atomic mass is 9.90. The first-order valence-electron chi connectivity index (χ1n) is 9.96. The normalized spacial score (nSPS) is 19.7. The monoisotopic (exact) mass is 384 g/mol. The Morgan fingerprint density at radius 3 is 2.93 bits per heavy atom. The lowest BCUT2D eigenvalue weighted by Gasteiger charge is -2.42. The highest BCUT2D eigenvalue weighted by molar-refractivity contribution is 5.78. The van der Waals surface area contributed by atoms with Crippen molar-refractivity contribution in [2.24, 2.45) is 0 Å². The lowest BCUT2D eigenvalue weighted by Crippen LogP contribution is -2.46. The van der Waals surface area contributed by atoms with Crippen molar-refractivity contribution in [1.29, 1.82) is 0 Å². The van der Waals surface area contributed by atoms with Crippen molar-refractivity contribution < 1.29 is 0 Å². The Morgan fingerprint density at radius 1 is 1.17 bits per heavy atom. The molecule has 0 saturated carbocycles. The average Bonchev–Trinajstić information content (AvgIpc) is 3.53. The van der Waals surface area contributed by atoms with Gasteiger partial charge in [0.05, 0.1) is 23.7 Å². The molecule has 1 N–H and O–H groups in total. The minimum absolute atomic E-state index is 0.145. The maximum atomic E-state index is 5.03. The number of hydrogen-bond acceptors (Lipinski definition) is 6. The highest BCUT2D eigenvalue weighted by Crippen LogP contribution is 2.48. The number of nitrogens with one attached hydrogen (secondary N) is 1. The Morgan fingerprint density at radius 2 is 2.07 bits per heavy atom. The number of aromatic nitrogens is 7. The second-order valence-corrected chi connectivity index (χ2v) is 7.59. The number of anilines is 1. The van der Waals surface area contributed by atoms with E-state index in [2.05, 4.69) is 53.9 Å². The van der Waals surface area contributed by atoms with Gasteiger partial charge in [0.15, 0.2) is 17.5 Å². The molecule has 3 aromatic heterocycles. The molecule has 8 nitrogen and oxygen atoms in total. The molecule has 0 unspecified atom stereocenters. The van der Waals surface area contributed by atoms with Crippen LogP contribution >= 0.6 is 0 Å². The third kappa shape index (κ3) is 2.16. The molecular weight excluding hydrogens is 364 g/mol. The summed E-state index contributed by atoms with van der Waals surface area (Å²) < 4.78 is 2.05. The van der Waals surface area contributed by atoms with E-state index >= 15 is 0 Å². The molecule has 0 spiro atoms. The van der Waals surface area contributed by atoms with Crippen LogP contribution in [0.2, 0.25) is 0 Å². The third-order valence-electron chi connectivity index (χ3n) is 6.25. The zero-order valence-corrected chi connectivity index (χ0v) is 16.1. The summed E-state index contributed by atoms with van der Waals surface area (Å²) in [6.45, 7) is 3.18. The maximum Gasteiger partial charge on any atom is 0.165 e. The Kier molecular flexibility index (Phi) is 3.38. The third-order valence-corrected chi connectivity index (χ3v) is 6.25. The molecule has 1 fully saturated rings. The van der Waals surface area contributed by atoms with Crippen LogP contribution in [0.15, 0.2) is 49.1 Å². The Bertz CT molecular complexity index is 1190. The number of H-pyrrole nitrogens is 1. The predicted molar refractivity (Wildman–Crippen MR) is 109 cm³/mol. The van der Waals surface area contributed by atoms with Crippen LogP contribution < -0.4 is 4.90 Å². The second-order valence-electron chi connectivity index (χ2n) is 7.59. The molecule has 0 amide bonds. The number of aromatic amines is 1. The quantitative estimate of drug-likeness (QED) is 0.583. The highest BCUT2D eigenvalue weighted by atomic mass is 15.4. The molecule has 144 valence electrons. The van der Waals surface area contributed by atoms with Gasteiger partial charge in [-0.1, -0.05) is 37.3 Å². The summed E-state index contributed by atoms with van der Waals surface area (Å²) in [5.74, 6) is 2.61. The van der Waals surface area contributed by atoms with Crippen molar-refractivity contribution in [2.45, 2.75) is 31.7 Å². The van der Waals surface area contributed by atoms with Gasteiger partial charge in [0.25, 0.3) is 0 Å². The van der Waals surface area contributed by atoms with Crippen molar-refractivity contribution in [2.75, 3.05) is 11.4 Å². The van der Waals surface area contributed by atoms with Gasteiger partial charge in [0, 0.05) is 12.1 Å². The molecule has 1 aromatic carbocycles. The molecule has 8 heteroatoms. The van der Waals surface area contributed by atoms with E-state index in [1.54, 1.807) is 12.5 Å². The Labute approximate surface area is 167 Å².